The second kappa shape index (κ2) is 5.85. The lowest BCUT2D eigenvalue weighted by atomic mass is 9.97. The second-order valence-electron chi connectivity index (χ2n) is 5.37. The van der Waals surface area contributed by atoms with E-state index in [1.807, 2.05) is 39.0 Å². The van der Waals surface area contributed by atoms with Gasteiger partial charge in [-0.3, -0.25) is 4.79 Å². The Bertz CT molecular complexity index is 504. The van der Waals surface area contributed by atoms with Gasteiger partial charge in [-0.25, -0.2) is 0 Å². The molecule has 0 spiro atoms. The highest BCUT2D eigenvalue weighted by Gasteiger charge is 2.19. The van der Waals surface area contributed by atoms with E-state index in [2.05, 4.69) is 5.48 Å². The molecule has 102 valence electrons. The van der Waals surface area contributed by atoms with Crippen LogP contribution in [-0.2, 0) is 16.1 Å². The molecule has 0 heterocycles. The molecule has 0 aliphatic rings. The van der Waals surface area contributed by atoms with E-state index in [-0.39, 0.29) is 6.42 Å². The molecule has 0 atom stereocenters. The summed E-state index contributed by atoms with van der Waals surface area (Å²) < 4.78 is 0. The van der Waals surface area contributed by atoms with Crippen LogP contribution in [0, 0.1) is 32.1 Å². The maximum atomic E-state index is 11.8. The standard InChI is InChI=1S/C15H20N2O2/c1-10-6-11(2)13(12(3)7-10)8-14(18)19-17-15(4,5)9-16/h6-7,17H,8H2,1-5H3. The summed E-state index contributed by atoms with van der Waals surface area (Å²) in [5.74, 6) is -0.390. The fourth-order valence-electron chi connectivity index (χ4n) is 1.88. The summed E-state index contributed by atoms with van der Waals surface area (Å²) in [5.41, 5.74) is 5.90. The number of hydrogen-bond donors (Lipinski definition) is 1. The highest BCUT2D eigenvalue weighted by atomic mass is 16.7. The molecule has 0 saturated heterocycles. The average molecular weight is 260 g/mol. The fraction of sp³-hybridized carbons (Fsp3) is 0.467. The molecule has 1 rings (SSSR count). The maximum absolute atomic E-state index is 11.8. The number of nitrogens with zero attached hydrogens (tertiary/aromatic N) is 1. The first-order chi connectivity index (χ1) is 8.75. The Balaban J connectivity index is 2.71. The van der Waals surface area contributed by atoms with Gasteiger partial charge in [0.05, 0.1) is 12.5 Å². The Morgan fingerprint density at radius 2 is 1.84 bits per heavy atom. The van der Waals surface area contributed by atoms with Crippen LogP contribution < -0.4 is 5.48 Å². The minimum atomic E-state index is -0.882. The van der Waals surface area contributed by atoms with Gasteiger partial charge in [0.15, 0.2) is 0 Å². The Labute approximate surface area is 114 Å². The van der Waals surface area contributed by atoms with Crippen molar-refractivity contribution in [3.63, 3.8) is 0 Å². The minimum absolute atomic E-state index is 0.201. The predicted molar refractivity (Wildman–Crippen MR) is 73.3 cm³/mol. The number of nitrogens with one attached hydrogen (secondary N) is 1. The third-order valence-electron chi connectivity index (χ3n) is 2.86. The molecule has 4 nitrogen and oxygen atoms in total. The summed E-state index contributed by atoms with van der Waals surface area (Å²) in [5, 5.41) is 8.81. The minimum Gasteiger partial charge on any atom is -0.369 e. The topological polar surface area (TPSA) is 62.1 Å². The van der Waals surface area contributed by atoms with Crippen molar-refractivity contribution in [2.24, 2.45) is 0 Å². The monoisotopic (exact) mass is 260 g/mol. The summed E-state index contributed by atoms with van der Waals surface area (Å²) in [6, 6.07) is 6.09. The van der Waals surface area contributed by atoms with Crippen molar-refractivity contribution < 1.29 is 9.63 Å². The molecule has 0 aromatic heterocycles. The van der Waals surface area contributed by atoms with Crippen LogP contribution in [0.1, 0.15) is 36.1 Å². The van der Waals surface area contributed by atoms with E-state index in [1.54, 1.807) is 13.8 Å². The molecular weight excluding hydrogens is 240 g/mol. The lowest BCUT2D eigenvalue weighted by Crippen LogP contribution is -2.39. The zero-order valence-corrected chi connectivity index (χ0v) is 12.1. The third kappa shape index (κ3) is 4.38. The van der Waals surface area contributed by atoms with Gasteiger partial charge >= 0.3 is 5.97 Å². The van der Waals surface area contributed by atoms with Gasteiger partial charge in [-0.1, -0.05) is 17.7 Å². The fourth-order valence-corrected chi connectivity index (χ4v) is 1.88. The quantitative estimate of drug-likeness (QED) is 0.845. The van der Waals surface area contributed by atoms with E-state index >= 15 is 0 Å². The van der Waals surface area contributed by atoms with Crippen molar-refractivity contribution in [1.82, 2.24) is 5.48 Å². The highest BCUT2D eigenvalue weighted by molar-refractivity contribution is 5.73. The molecule has 0 saturated carbocycles. The summed E-state index contributed by atoms with van der Waals surface area (Å²) in [6.07, 6.45) is 0.201. The van der Waals surface area contributed by atoms with Gasteiger partial charge in [0, 0.05) is 0 Å². The molecule has 1 N–H and O–H groups in total. The Morgan fingerprint density at radius 1 is 1.32 bits per heavy atom. The van der Waals surface area contributed by atoms with Crippen LogP contribution in [0.25, 0.3) is 0 Å². The third-order valence-corrected chi connectivity index (χ3v) is 2.86. The first-order valence-corrected chi connectivity index (χ1v) is 6.20. The van der Waals surface area contributed by atoms with Gasteiger partial charge in [0.2, 0.25) is 0 Å². The van der Waals surface area contributed by atoms with Gasteiger partial charge in [0.1, 0.15) is 5.54 Å². The summed E-state index contributed by atoms with van der Waals surface area (Å²) >= 11 is 0. The van der Waals surface area contributed by atoms with Crippen molar-refractivity contribution in [1.29, 1.82) is 5.26 Å². The molecule has 0 bridgehead atoms. The van der Waals surface area contributed by atoms with Gasteiger partial charge < -0.3 is 4.84 Å². The molecule has 0 aliphatic carbocycles. The average Bonchev–Trinajstić information content (AvgIpc) is 2.31. The SMILES string of the molecule is Cc1cc(C)c(CC(=O)ONC(C)(C)C#N)c(C)c1. The van der Waals surface area contributed by atoms with Crippen LogP contribution in [-0.4, -0.2) is 11.5 Å². The smallest absolute Gasteiger partial charge is 0.329 e. The Kier molecular flexibility index (Phi) is 4.68. The number of hydrogen-bond acceptors (Lipinski definition) is 4. The number of nitriles is 1. The van der Waals surface area contributed by atoms with E-state index in [4.69, 9.17) is 10.1 Å². The molecule has 1 aromatic carbocycles. The number of carbonyl (C=O) groups is 1. The zero-order chi connectivity index (χ0) is 14.6. The number of aryl methyl sites for hydroxylation is 3. The number of rotatable bonds is 4. The van der Waals surface area contributed by atoms with Gasteiger partial charge in [-0.2, -0.15) is 5.26 Å². The first kappa shape index (κ1) is 15.2. The van der Waals surface area contributed by atoms with Crippen LogP contribution in [0.5, 0.6) is 0 Å². The largest absolute Gasteiger partial charge is 0.369 e. The van der Waals surface area contributed by atoms with E-state index in [0.29, 0.717) is 0 Å². The highest BCUT2D eigenvalue weighted by Crippen LogP contribution is 2.17. The number of carbonyl (C=O) groups excluding carboxylic acids is 1. The molecule has 19 heavy (non-hydrogen) atoms. The Hall–Kier alpha value is -1.86. The summed E-state index contributed by atoms with van der Waals surface area (Å²) in [7, 11) is 0. The van der Waals surface area contributed by atoms with Gasteiger partial charge in [0.25, 0.3) is 0 Å². The number of benzene rings is 1. The lowest BCUT2D eigenvalue weighted by Gasteiger charge is -2.17. The number of hydroxylamine groups is 1. The summed E-state index contributed by atoms with van der Waals surface area (Å²) in [6.45, 7) is 9.27. The zero-order valence-electron chi connectivity index (χ0n) is 12.1. The van der Waals surface area contributed by atoms with Crippen LogP contribution in [0.15, 0.2) is 12.1 Å². The van der Waals surface area contributed by atoms with E-state index in [0.717, 1.165) is 16.7 Å². The molecular formula is C15H20N2O2. The van der Waals surface area contributed by atoms with Gasteiger partial charge in [-0.05, 0) is 51.3 Å². The van der Waals surface area contributed by atoms with Crippen molar-refractivity contribution in [2.75, 3.05) is 0 Å². The van der Waals surface area contributed by atoms with Crippen molar-refractivity contribution in [3.05, 3.63) is 34.4 Å². The van der Waals surface area contributed by atoms with Crippen molar-refractivity contribution in [2.45, 2.75) is 46.6 Å². The van der Waals surface area contributed by atoms with Crippen molar-refractivity contribution in [3.8, 4) is 6.07 Å². The molecule has 0 amide bonds. The predicted octanol–water partition coefficient (Wildman–Crippen LogP) is 2.50. The second-order valence-corrected chi connectivity index (χ2v) is 5.37. The summed E-state index contributed by atoms with van der Waals surface area (Å²) in [4.78, 5) is 16.7. The van der Waals surface area contributed by atoms with E-state index < -0.39 is 11.5 Å². The molecule has 0 radical (unpaired) electrons. The van der Waals surface area contributed by atoms with Crippen LogP contribution in [0.4, 0.5) is 0 Å². The normalized spacial score (nSPS) is 10.9. The first-order valence-electron chi connectivity index (χ1n) is 6.20. The van der Waals surface area contributed by atoms with E-state index in [1.165, 1.54) is 5.56 Å². The van der Waals surface area contributed by atoms with Crippen LogP contribution >= 0.6 is 0 Å². The van der Waals surface area contributed by atoms with Gasteiger partial charge in [-0.15, -0.1) is 5.48 Å². The molecule has 1 aromatic rings. The maximum Gasteiger partial charge on any atom is 0.329 e. The van der Waals surface area contributed by atoms with Crippen molar-refractivity contribution >= 4 is 5.97 Å². The molecule has 0 fully saturated rings. The van der Waals surface area contributed by atoms with Crippen LogP contribution in [0.2, 0.25) is 0 Å². The van der Waals surface area contributed by atoms with E-state index in [9.17, 15) is 4.79 Å². The molecule has 0 aliphatic heterocycles. The van der Waals surface area contributed by atoms with Crippen LogP contribution in [0.3, 0.4) is 0 Å². The lowest BCUT2D eigenvalue weighted by molar-refractivity contribution is -0.153. The molecule has 0 unspecified atom stereocenters. The Morgan fingerprint density at radius 3 is 2.32 bits per heavy atom. The molecule has 4 heteroatoms.